The second kappa shape index (κ2) is 7.01. The third kappa shape index (κ3) is 2.95. The molecular formula is C26H25N3O4. The lowest BCUT2D eigenvalue weighted by atomic mass is 9.86. The summed E-state index contributed by atoms with van der Waals surface area (Å²) < 4.78 is 11.6. The largest absolute Gasteiger partial charge is 0.486 e. The Hall–Kier alpha value is -3.48. The summed E-state index contributed by atoms with van der Waals surface area (Å²) in [6, 6.07) is 13.2. The van der Waals surface area contributed by atoms with Crippen LogP contribution in [0.3, 0.4) is 0 Å². The van der Waals surface area contributed by atoms with Crippen LogP contribution in [0.15, 0.2) is 42.5 Å². The molecule has 0 radical (unpaired) electrons. The number of rotatable bonds is 3. The first-order chi connectivity index (χ1) is 16.2. The van der Waals surface area contributed by atoms with Crippen molar-refractivity contribution < 1.29 is 19.1 Å². The number of fused-ring (bicyclic) bond motifs is 5. The predicted molar refractivity (Wildman–Crippen MR) is 121 cm³/mol. The SMILES string of the molecule is O=C1[C@@H]2Cc3c([nH]c4ccccc34)[C@H](c3ccc4c(c3)OCCO4)N2C(=O)CN1CC1CC1. The highest BCUT2D eigenvalue weighted by Gasteiger charge is 2.49. The lowest BCUT2D eigenvalue weighted by molar-refractivity contribution is -0.158. The van der Waals surface area contributed by atoms with Gasteiger partial charge < -0.3 is 24.3 Å². The van der Waals surface area contributed by atoms with Gasteiger partial charge >= 0.3 is 0 Å². The van der Waals surface area contributed by atoms with Gasteiger partial charge in [0.25, 0.3) is 0 Å². The van der Waals surface area contributed by atoms with Gasteiger partial charge in [-0.15, -0.1) is 0 Å². The van der Waals surface area contributed by atoms with Crippen molar-refractivity contribution in [1.29, 1.82) is 0 Å². The van der Waals surface area contributed by atoms with Crippen LogP contribution < -0.4 is 9.47 Å². The van der Waals surface area contributed by atoms with Gasteiger partial charge in [-0.1, -0.05) is 24.3 Å². The number of amides is 2. The summed E-state index contributed by atoms with van der Waals surface area (Å²) in [4.78, 5) is 34.4. The van der Waals surface area contributed by atoms with Crippen LogP contribution in [-0.2, 0) is 16.0 Å². The summed E-state index contributed by atoms with van der Waals surface area (Å²) in [5, 5.41) is 1.12. The lowest BCUT2D eigenvalue weighted by Crippen LogP contribution is -2.63. The summed E-state index contributed by atoms with van der Waals surface area (Å²) in [5.41, 5.74) is 4.07. The van der Waals surface area contributed by atoms with E-state index in [1.165, 1.54) is 0 Å². The van der Waals surface area contributed by atoms with Gasteiger partial charge in [0.05, 0.1) is 12.6 Å². The first-order valence-electron chi connectivity index (χ1n) is 11.8. The molecule has 2 fully saturated rings. The number of nitrogens with zero attached hydrogens (tertiary/aromatic N) is 2. The maximum absolute atomic E-state index is 13.6. The molecule has 2 aromatic carbocycles. The fraction of sp³-hybridized carbons (Fsp3) is 0.385. The van der Waals surface area contributed by atoms with E-state index in [0.717, 1.165) is 40.6 Å². The first kappa shape index (κ1) is 19.0. The van der Waals surface area contributed by atoms with E-state index in [0.29, 0.717) is 43.6 Å². The van der Waals surface area contributed by atoms with E-state index >= 15 is 0 Å². The fourth-order valence-corrected chi connectivity index (χ4v) is 5.67. The van der Waals surface area contributed by atoms with Crippen LogP contribution >= 0.6 is 0 Å². The van der Waals surface area contributed by atoms with Crippen LogP contribution in [0.25, 0.3) is 10.9 Å². The lowest BCUT2D eigenvalue weighted by Gasteiger charge is -2.47. The molecule has 1 aliphatic carbocycles. The van der Waals surface area contributed by atoms with Crippen molar-refractivity contribution in [2.24, 2.45) is 5.92 Å². The van der Waals surface area contributed by atoms with Crippen molar-refractivity contribution in [3.63, 3.8) is 0 Å². The number of ether oxygens (including phenoxy) is 2. The van der Waals surface area contributed by atoms with E-state index in [-0.39, 0.29) is 24.4 Å². The molecule has 0 bridgehead atoms. The molecule has 1 aromatic heterocycles. The van der Waals surface area contributed by atoms with E-state index < -0.39 is 6.04 Å². The zero-order valence-corrected chi connectivity index (χ0v) is 18.3. The van der Waals surface area contributed by atoms with Crippen molar-refractivity contribution >= 4 is 22.7 Å². The van der Waals surface area contributed by atoms with Crippen LogP contribution in [0.4, 0.5) is 0 Å². The standard InChI is InChI=1S/C26H25N3O4/c30-23-14-28(13-15-5-6-15)26(31)20-12-18-17-3-1-2-4-19(17)27-24(18)25(29(20)23)16-7-8-21-22(11-16)33-10-9-32-21/h1-4,7-8,11,15,20,25,27H,5-6,9-10,12-14H2/t20-,25-/m0/s1. The molecule has 7 nitrogen and oxygen atoms in total. The Morgan fingerprint density at radius 1 is 1.00 bits per heavy atom. The summed E-state index contributed by atoms with van der Waals surface area (Å²) in [6.07, 6.45) is 2.84. The van der Waals surface area contributed by atoms with Crippen LogP contribution in [0.2, 0.25) is 0 Å². The number of para-hydroxylation sites is 1. The van der Waals surface area contributed by atoms with Gasteiger partial charge in [-0.3, -0.25) is 9.59 Å². The number of nitrogens with one attached hydrogen (secondary N) is 1. The number of hydrogen-bond donors (Lipinski definition) is 1. The minimum Gasteiger partial charge on any atom is -0.486 e. The third-order valence-electron chi connectivity index (χ3n) is 7.40. The van der Waals surface area contributed by atoms with Crippen LogP contribution in [-0.4, -0.2) is 58.9 Å². The first-order valence-corrected chi connectivity index (χ1v) is 11.8. The van der Waals surface area contributed by atoms with E-state index in [1.807, 2.05) is 35.2 Å². The van der Waals surface area contributed by atoms with Crippen LogP contribution in [0.5, 0.6) is 11.5 Å². The maximum atomic E-state index is 13.6. The normalized spacial score (nSPS) is 24.1. The van der Waals surface area contributed by atoms with Gasteiger partial charge in [0.15, 0.2) is 11.5 Å². The van der Waals surface area contributed by atoms with Gasteiger partial charge in [0.2, 0.25) is 11.8 Å². The molecule has 33 heavy (non-hydrogen) atoms. The molecule has 1 saturated heterocycles. The monoisotopic (exact) mass is 443 g/mol. The number of hydrogen-bond acceptors (Lipinski definition) is 4. The molecule has 4 aliphatic rings. The van der Waals surface area contributed by atoms with Gasteiger partial charge in [0.1, 0.15) is 19.3 Å². The van der Waals surface area contributed by atoms with Crippen molar-refractivity contribution in [2.75, 3.05) is 26.3 Å². The summed E-state index contributed by atoms with van der Waals surface area (Å²) >= 11 is 0. The Kier molecular flexibility index (Phi) is 4.04. The number of carbonyl (C=O) groups excluding carboxylic acids is 2. The molecule has 2 atom stereocenters. The highest BCUT2D eigenvalue weighted by molar-refractivity contribution is 5.97. The minimum atomic E-state index is -0.491. The Labute approximate surface area is 191 Å². The average molecular weight is 444 g/mol. The molecule has 0 spiro atoms. The van der Waals surface area contributed by atoms with Gasteiger partial charge in [-0.2, -0.15) is 0 Å². The van der Waals surface area contributed by atoms with Crippen molar-refractivity contribution in [2.45, 2.75) is 31.3 Å². The summed E-state index contributed by atoms with van der Waals surface area (Å²) in [5.74, 6) is 2.02. The maximum Gasteiger partial charge on any atom is 0.246 e. The number of carbonyl (C=O) groups is 2. The van der Waals surface area contributed by atoms with Crippen LogP contribution in [0, 0.1) is 5.92 Å². The minimum absolute atomic E-state index is 0.00412. The van der Waals surface area contributed by atoms with E-state index in [1.54, 1.807) is 4.90 Å². The Morgan fingerprint density at radius 2 is 1.82 bits per heavy atom. The molecule has 7 rings (SSSR count). The smallest absolute Gasteiger partial charge is 0.246 e. The van der Waals surface area contributed by atoms with Crippen molar-refractivity contribution in [1.82, 2.24) is 14.8 Å². The zero-order valence-electron chi connectivity index (χ0n) is 18.3. The number of aromatic nitrogens is 1. The molecular weight excluding hydrogens is 418 g/mol. The quantitative estimate of drug-likeness (QED) is 0.675. The highest BCUT2D eigenvalue weighted by Crippen LogP contribution is 2.45. The summed E-state index contributed by atoms with van der Waals surface area (Å²) in [6.45, 7) is 1.88. The molecule has 3 aliphatic heterocycles. The zero-order chi connectivity index (χ0) is 22.1. The van der Waals surface area contributed by atoms with Crippen LogP contribution in [0.1, 0.15) is 35.7 Å². The van der Waals surface area contributed by atoms with E-state index in [9.17, 15) is 9.59 Å². The molecule has 2 amide bonds. The molecule has 0 unspecified atom stereocenters. The topological polar surface area (TPSA) is 74.9 Å². The fourth-order valence-electron chi connectivity index (χ4n) is 5.67. The van der Waals surface area contributed by atoms with Gasteiger partial charge in [-0.05, 0) is 48.1 Å². The molecule has 7 heteroatoms. The number of aromatic amines is 1. The Bertz CT molecular complexity index is 1290. The third-order valence-corrected chi connectivity index (χ3v) is 7.40. The van der Waals surface area contributed by atoms with Gasteiger partial charge in [0, 0.05) is 29.6 Å². The Balaban J connectivity index is 1.38. The predicted octanol–water partition coefficient (Wildman–Crippen LogP) is 3.03. The molecule has 1 saturated carbocycles. The summed E-state index contributed by atoms with van der Waals surface area (Å²) in [7, 11) is 0. The molecule has 168 valence electrons. The average Bonchev–Trinajstić information content (AvgIpc) is 3.58. The highest BCUT2D eigenvalue weighted by atomic mass is 16.6. The van der Waals surface area contributed by atoms with E-state index in [4.69, 9.17) is 9.47 Å². The molecule has 1 N–H and O–H groups in total. The Morgan fingerprint density at radius 3 is 2.67 bits per heavy atom. The second-order valence-electron chi connectivity index (χ2n) is 9.55. The van der Waals surface area contributed by atoms with Crippen molar-refractivity contribution in [3.05, 3.63) is 59.3 Å². The molecule has 4 heterocycles. The van der Waals surface area contributed by atoms with Crippen molar-refractivity contribution in [3.8, 4) is 11.5 Å². The number of benzene rings is 2. The van der Waals surface area contributed by atoms with E-state index in [2.05, 4.69) is 17.1 Å². The number of piperazine rings is 1. The molecule has 3 aromatic rings. The number of H-pyrrole nitrogens is 1. The second-order valence-corrected chi connectivity index (χ2v) is 9.55. The van der Waals surface area contributed by atoms with Gasteiger partial charge in [-0.25, -0.2) is 0 Å².